The molecule has 3 aromatic rings. The zero-order valence-electron chi connectivity index (χ0n) is 18.2. The van der Waals surface area contributed by atoms with Gasteiger partial charge in [0, 0.05) is 24.9 Å². The highest BCUT2D eigenvalue weighted by Gasteiger charge is 2.22. The lowest BCUT2D eigenvalue weighted by molar-refractivity contribution is -0.137. The third kappa shape index (κ3) is 6.93. The third-order valence-corrected chi connectivity index (χ3v) is 5.21. The number of rotatable bonds is 9. The van der Waals surface area contributed by atoms with Crippen molar-refractivity contribution in [2.75, 3.05) is 5.32 Å². The second-order valence-electron chi connectivity index (χ2n) is 7.80. The molecule has 0 saturated carbocycles. The second kappa shape index (κ2) is 10.9. The number of phenols is 1. The lowest BCUT2D eigenvalue weighted by Gasteiger charge is -2.20. The first-order chi connectivity index (χ1) is 15.8. The molecule has 2 atom stereocenters. The van der Waals surface area contributed by atoms with Crippen molar-refractivity contribution < 1.29 is 24.6 Å². The number of benzene rings is 3. The van der Waals surface area contributed by atoms with E-state index in [1.807, 2.05) is 36.4 Å². The number of carbonyl (C=O) groups excluding carboxylic acids is 2. The fourth-order valence-electron chi connectivity index (χ4n) is 3.67. The number of aromatic hydroxyl groups is 1. The molecule has 3 rings (SSSR count). The van der Waals surface area contributed by atoms with E-state index in [0.717, 1.165) is 16.7 Å². The highest BCUT2D eigenvalue weighted by Crippen LogP contribution is 2.29. The quantitative estimate of drug-likeness (QED) is 0.400. The van der Waals surface area contributed by atoms with Crippen LogP contribution in [0, 0.1) is 0 Å². The van der Waals surface area contributed by atoms with E-state index >= 15 is 0 Å². The summed E-state index contributed by atoms with van der Waals surface area (Å²) < 4.78 is 0. The maximum atomic E-state index is 13.0. The normalized spacial score (nSPS) is 12.4. The van der Waals surface area contributed by atoms with Gasteiger partial charge in [0.1, 0.15) is 11.8 Å². The van der Waals surface area contributed by atoms with Crippen molar-refractivity contribution in [2.24, 2.45) is 0 Å². The molecule has 0 spiro atoms. The molecular weight excluding hydrogens is 420 g/mol. The molecule has 0 aliphatic heterocycles. The second-order valence-corrected chi connectivity index (χ2v) is 7.80. The van der Waals surface area contributed by atoms with Crippen LogP contribution in [0.5, 0.6) is 5.75 Å². The van der Waals surface area contributed by atoms with Crippen LogP contribution in [-0.2, 0) is 20.8 Å². The van der Waals surface area contributed by atoms with Gasteiger partial charge in [0.2, 0.25) is 11.8 Å². The van der Waals surface area contributed by atoms with Crippen LogP contribution in [0.1, 0.15) is 36.0 Å². The van der Waals surface area contributed by atoms with Gasteiger partial charge in [-0.1, -0.05) is 54.6 Å². The van der Waals surface area contributed by atoms with Crippen LogP contribution in [0.3, 0.4) is 0 Å². The number of anilines is 1. The standard InChI is InChI=1S/C26H26N2O5/c1-17(29)27-24(14-18-10-12-22(30)13-11-18)26(33)28-21-9-5-8-20(15-21)23(16-25(31)32)19-6-3-2-4-7-19/h2-13,15,23-24,30H,14,16H2,1H3,(H,27,29)(H,28,33)(H,31,32). The molecule has 0 radical (unpaired) electrons. The molecule has 0 aliphatic rings. The SMILES string of the molecule is CC(=O)NC(Cc1ccc(O)cc1)C(=O)Nc1cccc(C(CC(=O)O)c2ccccc2)c1. The minimum absolute atomic E-state index is 0.0865. The predicted octanol–water partition coefficient (Wildman–Crippen LogP) is 3.68. The van der Waals surface area contributed by atoms with Crippen LogP contribution >= 0.6 is 0 Å². The van der Waals surface area contributed by atoms with Gasteiger partial charge in [-0.2, -0.15) is 0 Å². The molecule has 33 heavy (non-hydrogen) atoms. The average Bonchev–Trinajstić information content (AvgIpc) is 2.79. The topological polar surface area (TPSA) is 116 Å². The molecule has 0 aliphatic carbocycles. The summed E-state index contributed by atoms with van der Waals surface area (Å²) in [5.41, 5.74) is 2.91. The third-order valence-electron chi connectivity index (χ3n) is 5.21. The molecule has 7 heteroatoms. The fourth-order valence-corrected chi connectivity index (χ4v) is 3.67. The lowest BCUT2D eigenvalue weighted by Crippen LogP contribution is -2.44. The Kier molecular flexibility index (Phi) is 7.81. The maximum Gasteiger partial charge on any atom is 0.304 e. The molecule has 3 aromatic carbocycles. The first-order valence-corrected chi connectivity index (χ1v) is 10.5. The van der Waals surface area contributed by atoms with Crippen molar-refractivity contribution in [3.63, 3.8) is 0 Å². The highest BCUT2D eigenvalue weighted by atomic mass is 16.4. The molecule has 0 saturated heterocycles. The molecule has 2 amide bonds. The number of carboxylic acids is 1. The molecule has 2 unspecified atom stereocenters. The Balaban J connectivity index is 1.81. The van der Waals surface area contributed by atoms with Gasteiger partial charge in [0.15, 0.2) is 0 Å². The van der Waals surface area contributed by atoms with Crippen molar-refractivity contribution in [3.8, 4) is 5.75 Å². The molecule has 0 aromatic heterocycles. The number of carboxylic acid groups (broad SMARTS) is 1. The van der Waals surface area contributed by atoms with Crippen LogP contribution in [0.2, 0.25) is 0 Å². The molecule has 0 fully saturated rings. The largest absolute Gasteiger partial charge is 0.508 e. The summed E-state index contributed by atoms with van der Waals surface area (Å²) in [7, 11) is 0. The van der Waals surface area contributed by atoms with Gasteiger partial charge >= 0.3 is 5.97 Å². The first kappa shape index (κ1) is 23.5. The van der Waals surface area contributed by atoms with Crippen molar-refractivity contribution in [1.82, 2.24) is 5.32 Å². The summed E-state index contributed by atoms with van der Waals surface area (Å²) >= 11 is 0. The Morgan fingerprint density at radius 2 is 1.55 bits per heavy atom. The summed E-state index contributed by atoms with van der Waals surface area (Å²) in [5.74, 6) is -1.91. The number of amides is 2. The molecular formula is C26H26N2O5. The van der Waals surface area contributed by atoms with Crippen LogP contribution in [0.4, 0.5) is 5.69 Å². The molecule has 4 N–H and O–H groups in total. The summed E-state index contributed by atoms with van der Waals surface area (Å²) in [5, 5.41) is 24.4. The molecule has 0 heterocycles. The van der Waals surface area contributed by atoms with E-state index in [9.17, 15) is 24.6 Å². The van der Waals surface area contributed by atoms with Gasteiger partial charge in [-0.05, 0) is 41.0 Å². The van der Waals surface area contributed by atoms with E-state index in [2.05, 4.69) is 10.6 Å². The average molecular weight is 447 g/mol. The van der Waals surface area contributed by atoms with E-state index in [1.54, 1.807) is 30.3 Å². The van der Waals surface area contributed by atoms with E-state index in [1.165, 1.54) is 19.1 Å². The summed E-state index contributed by atoms with van der Waals surface area (Å²) in [6.45, 7) is 1.34. The van der Waals surface area contributed by atoms with Crippen molar-refractivity contribution in [2.45, 2.75) is 31.7 Å². The Morgan fingerprint density at radius 1 is 0.879 bits per heavy atom. The Hall–Kier alpha value is -4.13. The van der Waals surface area contributed by atoms with Crippen LogP contribution < -0.4 is 10.6 Å². The molecule has 170 valence electrons. The Labute approximate surface area is 192 Å². The minimum Gasteiger partial charge on any atom is -0.508 e. The molecule has 7 nitrogen and oxygen atoms in total. The zero-order valence-corrected chi connectivity index (χ0v) is 18.2. The van der Waals surface area contributed by atoms with Gasteiger partial charge in [0.25, 0.3) is 0 Å². The fraction of sp³-hybridized carbons (Fsp3) is 0.192. The summed E-state index contributed by atoms with van der Waals surface area (Å²) in [6.07, 6.45) is 0.161. The Morgan fingerprint density at radius 3 is 2.18 bits per heavy atom. The number of hydrogen-bond acceptors (Lipinski definition) is 4. The Bertz CT molecular complexity index is 1110. The van der Waals surface area contributed by atoms with Crippen molar-refractivity contribution in [3.05, 3.63) is 95.6 Å². The lowest BCUT2D eigenvalue weighted by atomic mass is 9.88. The number of nitrogens with one attached hydrogen (secondary N) is 2. The highest BCUT2D eigenvalue weighted by molar-refractivity contribution is 5.97. The van der Waals surface area contributed by atoms with Crippen LogP contribution in [-0.4, -0.2) is 34.0 Å². The first-order valence-electron chi connectivity index (χ1n) is 10.5. The van der Waals surface area contributed by atoms with Crippen molar-refractivity contribution >= 4 is 23.5 Å². The van der Waals surface area contributed by atoms with Gasteiger partial charge in [-0.15, -0.1) is 0 Å². The van der Waals surface area contributed by atoms with Gasteiger partial charge < -0.3 is 20.8 Å². The monoisotopic (exact) mass is 446 g/mol. The number of carbonyl (C=O) groups is 3. The van der Waals surface area contributed by atoms with Crippen LogP contribution in [0.15, 0.2) is 78.9 Å². The smallest absolute Gasteiger partial charge is 0.304 e. The van der Waals surface area contributed by atoms with Gasteiger partial charge in [-0.3, -0.25) is 14.4 Å². The maximum absolute atomic E-state index is 13.0. The molecule has 0 bridgehead atoms. The van der Waals surface area contributed by atoms with E-state index in [-0.39, 0.29) is 30.4 Å². The number of phenolic OH excluding ortho intramolecular Hbond substituents is 1. The summed E-state index contributed by atoms with van der Waals surface area (Å²) in [4.78, 5) is 36.1. The minimum atomic E-state index is -0.919. The number of aliphatic carboxylic acids is 1. The number of hydrogen-bond donors (Lipinski definition) is 4. The zero-order chi connectivity index (χ0) is 23.8. The van der Waals surface area contributed by atoms with E-state index < -0.39 is 17.9 Å². The van der Waals surface area contributed by atoms with Gasteiger partial charge in [-0.25, -0.2) is 0 Å². The van der Waals surface area contributed by atoms with Gasteiger partial charge in [0.05, 0.1) is 6.42 Å². The van der Waals surface area contributed by atoms with E-state index in [0.29, 0.717) is 5.69 Å². The van der Waals surface area contributed by atoms with Crippen molar-refractivity contribution in [1.29, 1.82) is 0 Å². The predicted molar refractivity (Wildman–Crippen MR) is 125 cm³/mol. The van der Waals surface area contributed by atoms with E-state index in [4.69, 9.17) is 0 Å². The van der Waals surface area contributed by atoms with Crippen LogP contribution in [0.25, 0.3) is 0 Å². The summed E-state index contributed by atoms with van der Waals surface area (Å²) in [6, 6.07) is 22.0.